The number of hydrogen-bond donors (Lipinski definition) is 0. The number of fused-ring (bicyclic) bond motifs is 2. The number of piperazine rings is 1. The number of rotatable bonds is 4. The normalized spacial score (nSPS) is 17.5. The number of benzene rings is 1. The standard InChI is InChI=1S/C23H28N6O4S/c1-17-14-18-6-5-7-19(22(18)24-15-17)34(32,33)27-12-10-26(11-13-27)21(30)16-29-23(31)28-9-4-2-3-8-20(28)25-29/h5-7,14-15H,2-4,8-13,16H2,1H3. The molecule has 5 rings (SSSR count). The summed E-state index contributed by atoms with van der Waals surface area (Å²) >= 11 is 0. The van der Waals surface area contributed by atoms with Crippen molar-refractivity contribution in [2.24, 2.45) is 0 Å². The zero-order chi connectivity index (χ0) is 23.9. The maximum Gasteiger partial charge on any atom is 0.346 e. The number of carbonyl (C=O) groups is 1. The summed E-state index contributed by atoms with van der Waals surface area (Å²) in [6.45, 7) is 3.32. The number of hydrogen-bond acceptors (Lipinski definition) is 6. The molecule has 2 aliphatic rings. The Morgan fingerprint density at radius 1 is 1.06 bits per heavy atom. The third-order valence-electron chi connectivity index (χ3n) is 6.59. The fourth-order valence-electron chi connectivity index (χ4n) is 4.72. The smallest absolute Gasteiger partial charge is 0.338 e. The van der Waals surface area contributed by atoms with Gasteiger partial charge in [-0.2, -0.15) is 9.40 Å². The molecule has 0 radical (unpaired) electrons. The van der Waals surface area contributed by atoms with Crippen LogP contribution in [0.4, 0.5) is 0 Å². The molecule has 0 spiro atoms. The zero-order valence-electron chi connectivity index (χ0n) is 19.2. The van der Waals surface area contributed by atoms with Gasteiger partial charge >= 0.3 is 5.69 Å². The fraction of sp³-hybridized carbons (Fsp3) is 0.478. The van der Waals surface area contributed by atoms with Gasteiger partial charge in [0.05, 0.1) is 5.52 Å². The minimum Gasteiger partial charge on any atom is -0.338 e. The number of nitrogens with zero attached hydrogens (tertiary/aromatic N) is 6. The van der Waals surface area contributed by atoms with Crippen LogP contribution < -0.4 is 5.69 Å². The summed E-state index contributed by atoms with van der Waals surface area (Å²) in [5, 5.41) is 5.16. The van der Waals surface area contributed by atoms with Gasteiger partial charge in [0.1, 0.15) is 17.3 Å². The molecule has 10 nitrogen and oxygen atoms in total. The Morgan fingerprint density at radius 3 is 2.65 bits per heavy atom. The van der Waals surface area contributed by atoms with Gasteiger partial charge in [-0.3, -0.25) is 14.3 Å². The first-order valence-corrected chi connectivity index (χ1v) is 13.1. The number of aryl methyl sites for hydroxylation is 2. The third-order valence-corrected chi connectivity index (χ3v) is 8.52. The van der Waals surface area contributed by atoms with Gasteiger partial charge in [0.2, 0.25) is 15.9 Å². The predicted molar refractivity (Wildman–Crippen MR) is 126 cm³/mol. The molecule has 0 bridgehead atoms. The zero-order valence-corrected chi connectivity index (χ0v) is 20.0. The molecule has 3 aromatic rings. The van der Waals surface area contributed by atoms with Gasteiger partial charge in [0.15, 0.2) is 0 Å². The van der Waals surface area contributed by atoms with Crippen LogP contribution in [0.5, 0.6) is 0 Å². The first-order valence-electron chi connectivity index (χ1n) is 11.6. The Labute approximate surface area is 197 Å². The number of pyridine rings is 1. The summed E-state index contributed by atoms with van der Waals surface area (Å²) in [5.41, 5.74) is 1.16. The summed E-state index contributed by atoms with van der Waals surface area (Å²) in [5.74, 6) is 0.514. The van der Waals surface area contributed by atoms with Gasteiger partial charge in [-0.05, 0) is 37.5 Å². The molecule has 1 fully saturated rings. The molecule has 0 aliphatic carbocycles. The highest BCUT2D eigenvalue weighted by atomic mass is 32.2. The minimum atomic E-state index is -3.76. The van der Waals surface area contributed by atoms with Gasteiger partial charge < -0.3 is 4.90 Å². The highest BCUT2D eigenvalue weighted by Crippen LogP contribution is 2.25. The minimum absolute atomic E-state index is 0.127. The van der Waals surface area contributed by atoms with Crippen LogP contribution in [-0.2, 0) is 34.3 Å². The number of carbonyl (C=O) groups excluding carboxylic acids is 1. The van der Waals surface area contributed by atoms with E-state index in [0.29, 0.717) is 12.1 Å². The van der Waals surface area contributed by atoms with E-state index < -0.39 is 10.0 Å². The monoisotopic (exact) mass is 484 g/mol. The number of amides is 1. The molecule has 2 aliphatic heterocycles. The number of para-hydroxylation sites is 1. The van der Waals surface area contributed by atoms with Gasteiger partial charge in [0.25, 0.3) is 0 Å². The molecule has 1 aromatic carbocycles. The topological polar surface area (TPSA) is 110 Å². The molecule has 1 amide bonds. The molecule has 4 heterocycles. The van der Waals surface area contributed by atoms with Crippen molar-refractivity contribution in [3.63, 3.8) is 0 Å². The first-order chi connectivity index (χ1) is 16.3. The molecule has 11 heteroatoms. The van der Waals surface area contributed by atoms with Crippen molar-refractivity contribution < 1.29 is 13.2 Å². The van der Waals surface area contributed by atoms with E-state index in [1.54, 1.807) is 27.8 Å². The van der Waals surface area contributed by atoms with Crippen molar-refractivity contribution >= 4 is 26.8 Å². The lowest BCUT2D eigenvalue weighted by molar-refractivity contribution is -0.133. The predicted octanol–water partition coefficient (Wildman–Crippen LogP) is 1.16. The number of sulfonamides is 1. The van der Waals surface area contributed by atoms with E-state index >= 15 is 0 Å². The van der Waals surface area contributed by atoms with Crippen LogP contribution in [0, 0.1) is 6.92 Å². The molecule has 34 heavy (non-hydrogen) atoms. The Hall–Kier alpha value is -3.05. The maximum absolute atomic E-state index is 13.4. The average Bonchev–Trinajstić information content (AvgIpc) is 2.99. The van der Waals surface area contributed by atoms with Crippen molar-refractivity contribution in [3.8, 4) is 0 Å². The van der Waals surface area contributed by atoms with E-state index in [2.05, 4.69) is 10.1 Å². The van der Waals surface area contributed by atoms with Crippen molar-refractivity contribution in [1.82, 2.24) is 28.5 Å². The lowest BCUT2D eigenvalue weighted by atomic mass is 10.2. The summed E-state index contributed by atoms with van der Waals surface area (Å²) in [4.78, 5) is 31.7. The van der Waals surface area contributed by atoms with Crippen molar-refractivity contribution in [1.29, 1.82) is 0 Å². The average molecular weight is 485 g/mol. The highest BCUT2D eigenvalue weighted by Gasteiger charge is 2.32. The van der Waals surface area contributed by atoms with Crippen LogP contribution in [0.2, 0.25) is 0 Å². The summed E-state index contributed by atoms with van der Waals surface area (Å²) in [6, 6.07) is 7.06. The SMILES string of the molecule is Cc1cnc2c(S(=O)(=O)N3CCN(C(=O)Cn4nc5n(c4=O)CCCCC5)CC3)cccc2c1. The van der Waals surface area contributed by atoms with Crippen LogP contribution in [0.3, 0.4) is 0 Å². The molecule has 0 saturated carbocycles. The molecule has 1 saturated heterocycles. The summed E-state index contributed by atoms with van der Waals surface area (Å²) in [6.07, 6.45) is 5.41. The van der Waals surface area contributed by atoms with Crippen LogP contribution in [0.25, 0.3) is 10.9 Å². The Bertz CT molecular complexity index is 1400. The van der Waals surface area contributed by atoms with Crippen molar-refractivity contribution in [2.75, 3.05) is 26.2 Å². The second-order valence-electron chi connectivity index (χ2n) is 8.94. The van der Waals surface area contributed by atoms with Gasteiger partial charge in [-0.15, -0.1) is 0 Å². The van der Waals surface area contributed by atoms with E-state index in [1.807, 2.05) is 19.1 Å². The van der Waals surface area contributed by atoms with Gasteiger partial charge in [0, 0.05) is 50.7 Å². The van der Waals surface area contributed by atoms with Crippen molar-refractivity contribution in [3.05, 3.63) is 52.3 Å². The van der Waals surface area contributed by atoms with Crippen LogP contribution in [0.1, 0.15) is 30.7 Å². The van der Waals surface area contributed by atoms with E-state index in [4.69, 9.17) is 0 Å². The summed E-state index contributed by atoms with van der Waals surface area (Å²) in [7, 11) is -3.76. The molecule has 0 N–H and O–H groups in total. The largest absolute Gasteiger partial charge is 0.346 e. The van der Waals surface area contributed by atoms with E-state index in [0.717, 1.165) is 42.5 Å². The molecule has 2 aromatic heterocycles. The third kappa shape index (κ3) is 4.14. The lowest BCUT2D eigenvalue weighted by Gasteiger charge is -2.34. The molecule has 180 valence electrons. The van der Waals surface area contributed by atoms with Crippen molar-refractivity contribution in [2.45, 2.75) is 50.6 Å². The lowest BCUT2D eigenvalue weighted by Crippen LogP contribution is -2.51. The van der Waals surface area contributed by atoms with Crippen LogP contribution in [0.15, 0.2) is 40.2 Å². The Balaban J connectivity index is 1.28. The molecular formula is C23H28N6O4S. The molecule has 0 unspecified atom stereocenters. The molecular weight excluding hydrogens is 456 g/mol. The van der Waals surface area contributed by atoms with Gasteiger partial charge in [-0.1, -0.05) is 18.6 Å². The molecule has 0 atom stereocenters. The maximum atomic E-state index is 13.4. The van der Waals surface area contributed by atoms with E-state index in [9.17, 15) is 18.0 Å². The fourth-order valence-corrected chi connectivity index (χ4v) is 6.31. The Kier molecular flexibility index (Phi) is 5.98. The number of aromatic nitrogens is 4. The second-order valence-corrected chi connectivity index (χ2v) is 10.9. The van der Waals surface area contributed by atoms with E-state index in [-0.39, 0.29) is 49.2 Å². The first kappa shape index (κ1) is 22.7. The van der Waals surface area contributed by atoms with Crippen LogP contribution >= 0.6 is 0 Å². The Morgan fingerprint density at radius 2 is 1.85 bits per heavy atom. The summed E-state index contributed by atoms with van der Waals surface area (Å²) < 4.78 is 31.0. The van der Waals surface area contributed by atoms with E-state index in [1.165, 1.54) is 8.99 Å². The second kappa shape index (κ2) is 8.95. The van der Waals surface area contributed by atoms with Crippen LogP contribution in [-0.4, -0.2) is 69.0 Å². The van der Waals surface area contributed by atoms with Gasteiger partial charge in [-0.25, -0.2) is 17.9 Å². The highest BCUT2D eigenvalue weighted by molar-refractivity contribution is 7.89. The quantitative estimate of drug-likeness (QED) is 0.550.